The molecule has 1 aliphatic heterocycles. The third-order valence-corrected chi connectivity index (χ3v) is 6.47. The summed E-state index contributed by atoms with van der Waals surface area (Å²) in [4.78, 5) is 4.41. The summed E-state index contributed by atoms with van der Waals surface area (Å²) in [6.45, 7) is 4.32. The Morgan fingerprint density at radius 1 is 0.793 bits per heavy atom. The van der Waals surface area contributed by atoms with Gasteiger partial charge in [0.1, 0.15) is 0 Å². The Morgan fingerprint density at radius 2 is 1.14 bits per heavy atom. The Morgan fingerprint density at radius 3 is 1.31 bits per heavy atom. The van der Waals surface area contributed by atoms with Crippen LogP contribution in [0.2, 0.25) is 0 Å². The molecule has 29 heavy (non-hydrogen) atoms. The van der Waals surface area contributed by atoms with Gasteiger partial charge in [-0.15, -0.1) is 0 Å². The minimum Gasteiger partial charge on any atom is -0.362 e. The van der Waals surface area contributed by atoms with Gasteiger partial charge in [-0.25, -0.2) is 16.8 Å². The molecule has 0 aromatic carbocycles. The molecular weight excluding hydrogens is 480 g/mol. The average Bonchev–Trinajstić information content (AvgIpc) is 2.90. The van der Waals surface area contributed by atoms with E-state index in [1.807, 2.05) is 0 Å². The van der Waals surface area contributed by atoms with Crippen LogP contribution in [-0.4, -0.2) is 69.8 Å². The van der Waals surface area contributed by atoms with Gasteiger partial charge < -0.3 is 9.80 Å². The van der Waals surface area contributed by atoms with Crippen molar-refractivity contribution in [2.24, 2.45) is 0 Å². The average molecular weight is 493 g/mol. The standard InChI is InChI=1S/C6H12N2.C4HF10NO4S2/c1-3-8-5-4-7(2)6-8;5-1(6,7)3(11,12)20(16,17)15-21(18,19)4(13,14)2(8,9)10/h4-5H,3,6H2,1-2H3;15H. The fraction of sp³-hybridized carbons (Fsp3) is 0.800. The number of nitrogens with zero attached hydrogens (tertiary/aromatic N) is 2. The molecule has 0 aromatic rings. The second kappa shape index (κ2) is 8.32. The highest BCUT2D eigenvalue weighted by atomic mass is 32.3. The second-order valence-corrected chi connectivity index (χ2v) is 8.93. The SMILES string of the molecule is CCN1C=CN(C)C1.O=S(=O)(NS(=O)(=O)C(F)(F)C(F)(F)F)C(F)(F)C(F)(F)F. The summed E-state index contributed by atoms with van der Waals surface area (Å²) in [6.07, 6.45) is -9.74. The molecule has 174 valence electrons. The van der Waals surface area contributed by atoms with Crippen LogP contribution >= 0.6 is 0 Å². The largest absolute Gasteiger partial charge is 0.471 e. The van der Waals surface area contributed by atoms with Gasteiger partial charge in [0.25, 0.3) is 20.0 Å². The van der Waals surface area contributed by atoms with Gasteiger partial charge in [0.2, 0.25) is 0 Å². The lowest BCUT2D eigenvalue weighted by molar-refractivity contribution is -0.242. The molecule has 7 nitrogen and oxygen atoms in total. The molecule has 1 rings (SSSR count). The Hall–Kier alpha value is -1.50. The molecule has 0 aliphatic carbocycles. The van der Waals surface area contributed by atoms with Crippen LogP contribution in [0.5, 0.6) is 0 Å². The highest BCUT2D eigenvalue weighted by molar-refractivity contribution is 8.05. The van der Waals surface area contributed by atoms with E-state index < -0.39 is 47.0 Å². The van der Waals surface area contributed by atoms with E-state index in [1.165, 1.54) is 0 Å². The fourth-order valence-corrected chi connectivity index (χ4v) is 3.95. The van der Waals surface area contributed by atoms with Gasteiger partial charge in [0.15, 0.2) is 0 Å². The van der Waals surface area contributed by atoms with Crippen LogP contribution in [0.1, 0.15) is 6.92 Å². The van der Waals surface area contributed by atoms with Gasteiger partial charge in [-0.1, -0.05) is 4.13 Å². The lowest BCUT2D eigenvalue weighted by Gasteiger charge is -2.23. The van der Waals surface area contributed by atoms with E-state index in [0.717, 1.165) is 13.2 Å². The van der Waals surface area contributed by atoms with Crippen molar-refractivity contribution in [1.82, 2.24) is 13.9 Å². The third-order valence-electron chi connectivity index (χ3n) is 2.90. The Kier molecular flexibility index (Phi) is 7.89. The first-order valence-electron chi connectivity index (χ1n) is 6.83. The lowest BCUT2D eigenvalue weighted by atomic mass is 10.6. The molecule has 1 aliphatic rings. The number of nitrogens with one attached hydrogen (secondary N) is 1. The Balaban J connectivity index is 0.000000807. The van der Waals surface area contributed by atoms with Crippen LogP contribution in [0.4, 0.5) is 43.9 Å². The minimum atomic E-state index is -7.49. The summed E-state index contributed by atoms with van der Waals surface area (Å²) < 4.78 is 160. The molecule has 0 radical (unpaired) electrons. The van der Waals surface area contributed by atoms with Crippen molar-refractivity contribution < 1.29 is 60.7 Å². The highest BCUT2D eigenvalue weighted by Crippen LogP contribution is 2.43. The summed E-state index contributed by atoms with van der Waals surface area (Å²) in [5.41, 5.74) is 0. The van der Waals surface area contributed by atoms with Crippen molar-refractivity contribution in [2.45, 2.75) is 29.8 Å². The highest BCUT2D eigenvalue weighted by Gasteiger charge is 2.73. The van der Waals surface area contributed by atoms with Crippen molar-refractivity contribution in [3.05, 3.63) is 12.4 Å². The first-order valence-corrected chi connectivity index (χ1v) is 9.79. The number of halogens is 10. The molecule has 0 aromatic heterocycles. The van der Waals surface area contributed by atoms with Crippen LogP contribution in [-0.2, 0) is 20.0 Å². The van der Waals surface area contributed by atoms with Crippen LogP contribution in [0.3, 0.4) is 0 Å². The quantitative estimate of drug-likeness (QED) is 0.592. The van der Waals surface area contributed by atoms with E-state index >= 15 is 0 Å². The molecule has 0 unspecified atom stereocenters. The van der Waals surface area contributed by atoms with E-state index in [4.69, 9.17) is 0 Å². The number of hydrogen-bond donors (Lipinski definition) is 1. The molecule has 0 spiro atoms. The predicted octanol–water partition coefficient (Wildman–Crippen LogP) is 2.23. The molecule has 0 saturated heterocycles. The molecule has 0 fully saturated rings. The number of hydrogen-bond acceptors (Lipinski definition) is 6. The summed E-state index contributed by atoms with van der Waals surface area (Å²) in [6, 6.07) is 0. The maximum Gasteiger partial charge on any atom is 0.471 e. The van der Waals surface area contributed by atoms with Crippen molar-refractivity contribution in [3.63, 3.8) is 0 Å². The first kappa shape index (κ1) is 27.5. The van der Waals surface area contributed by atoms with Crippen LogP contribution < -0.4 is 4.13 Å². The van der Waals surface area contributed by atoms with Gasteiger partial charge in [0, 0.05) is 26.0 Å². The van der Waals surface area contributed by atoms with Crippen molar-refractivity contribution >= 4 is 20.0 Å². The molecule has 0 atom stereocenters. The lowest BCUT2D eigenvalue weighted by Crippen LogP contribution is -2.57. The maximum atomic E-state index is 12.4. The smallest absolute Gasteiger partial charge is 0.362 e. The van der Waals surface area contributed by atoms with Gasteiger partial charge >= 0.3 is 22.9 Å². The molecule has 0 saturated carbocycles. The fourth-order valence-electron chi connectivity index (χ4n) is 1.35. The molecule has 0 bridgehead atoms. The molecular formula is C10H13F10N3O4S2. The molecule has 0 amide bonds. The summed E-state index contributed by atoms with van der Waals surface area (Å²) in [5.74, 6) is 0. The van der Waals surface area contributed by atoms with Crippen molar-refractivity contribution in [2.75, 3.05) is 20.3 Å². The monoisotopic (exact) mass is 493 g/mol. The van der Waals surface area contributed by atoms with E-state index in [2.05, 4.69) is 36.2 Å². The van der Waals surface area contributed by atoms with Crippen molar-refractivity contribution in [3.8, 4) is 0 Å². The van der Waals surface area contributed by atoms with Gasteiger partial charge in [-0.3, -0.25) is 0 Å². The van der Waals surface area contributed by atoms with Crippen LogP contribution in [0.25, 0.3) is 0 Å². The summed E-state index contributed by atoms with van der Waals surface area (Å²) >= 11 is 0. The maximum absolute atomic E-state index is 12.4. The van der Waals surface area contributed by atoms with Crippen LogP contribution in [0, 0.1) is 0 Å². The minimum absolute atomic E-state index is 0.969. The number of sulfonamides is 2. The first-order chi connectivity index (χ1) is 12.5. The molecule has 1 N–H and O–H groups in total. The van der Waals surface area contributed by atoms with E-state index in [-0.39, 0.29) is 0 Å². The molecule has 19 heteroatoms. The number of alkyl halides is 10. The zero-order chi connectivity index (χ0) is 23.7. The van der Waals surface area contributed by atoms with Gasteiger partial charge in [-0.05, 0) is 6.92 Å². The van der Waals surface area contributed by atoms with E-state index in [9.17, 15) is 60.7 Å². The normalized spacial score (nSPS) is 16.7. The van der Waals surface area contributed by atoms with Crippen molar-refractivity contribution in [1.29, 1.82) is 0 Å². The van der Waals surface area contributed by atoms with Gasteiger partial charge in [0.05, 0.1) is 6.67 Å². The zero-order valence-corrected chi connectivity index (χ0v) is 15.8. The van der Waals surface area contributed by atoms with Gasteiger partial charge in [-0.2, -0.15) is 43.9 Å². The summed E-state index contributed by atoms with van der Waals surface area (Å²) in [7, 11) is -12.9. The number of rotatable bonds is 5. The van der Waals surface area contributed by atoms with E-state index in [1.54, 1.807) is 0 Å². The Labute approximate surface area is 158 Å². The van der Waals surface area contributed by atoms with E-state index in [0.29, 0.717) is 0 Å². The van der Waals surface area contributed by atoms with Crippen LogP contribution in [0.15, 0.2) is 12.4 Å². The molecule has 1 heterocycles. The predicted molar refractivity (Wildman–Crippen MR) is 77.1 cm³/mol. The Bertz CT molecular complexity index is 751. The topological polar surface area (TPSA) is 86.8 Å². The third kappa shape index (κ3) is 6.00. The summed E-state index contributed by atoms with van der Waals surface area (Å²) in [5, 5.41) is -13.9. The zero-order valence-electron chi connectivity index (χ0n) is 14.2. The second-order valence-electron chi connectivity index (χ2n) is 5.22.